The van der Waals surface area contributed by atoms with E-state index in [0.717, 1.165) is 5.56 Å². The minimum Gasteiger partial charge on any atom is -0.442 e. The molecule has 0 aromatic heterocycles. The smallest absolute Gasteiger partial charge is 0.323 e. The molecule has 0 fully saturated rings. The van der Waals surface area contributed by atoms with Crippen LogP contribution < -0.4 is 14.9 Å². The highest BCUT2D eigenvalue weighted by molar-refractivity contribution is 5.80. The van der Waals surface area contributed by atoms with Crippen LogP contribution in [-0.4, -0.2) is 31.3 Å². The number of nitrogens with one attached hydrogen (secondary N) is 1. The summed E-state index contributed by atoms with van der Waals surface area (Å²) in [5, 5.41) is 1.54. The van der Waals surface area contributed by atoms with E-state index in [-0.39, 0.29) is 5.91 Å². The third kappa shape index (κ3) is 2.09. The summed E-state index contributed by atoms with van der Waals surface area (Å²) in [6.45, 7) is 1.96. The first-order valence-corrected chi connectivity index (χ1v) is 4.98. The van der Waals surface area contributed by atoms with E-state index >= 15 is 0 Å². The molecule has 1 aromatic rings. The molecule has 16 heavy (non-hydrogen) atoms. The summed E-state index contributed by atoms with van der Waals surface area (Å²) in [4.78, 5) is 11.6. The van der Waals surface area contributed by atoms with Gasteiger partial charge in [-0.05, 0) is 24.6 Å². The number of ether oxygens (including phenoxy) is 2. The van der Waals surface area contributed by atoms with Crippen molar-refractivity contribution in [1.82, 2.24) is 10.4 Å². The minimum atomic E-state index is -0.904. The first kappa shape index (κ1) is 10.8. The van der Waals surface area contributed by atoms with Crippen molar-refractivity contribution < 1.29 is 14.3 Å². The maximum absolute atomic E-state index is 11.6. The van der Waals surface area contributed by atoms with Crippen LogP contribution in [0, 0.1) is 6.92 Å². The predicted molar refractivity (Wildman–Crippen MR) is 58.1 cm³/mol. The average molecular weight is 222 g/mol. The molecule has 0 bridgehead atoms. The lowest BCUT2D eigenvalue weighted by Gasteiger charge is -2.14. The van der Waals surface area contributed by atoms with Gasteiger partial charge in [0.2, 0.25) is 0 Å². The summed E-state index contributed by atoms with van der Waals surface area (Å²) in [7, 11) is 3.45. The number of hydrogen-bond acceptors (Lipinski definition) is 4. The van der Waals surface area contributed by atoms with E-state index in [9.17, 15) is 4.79 Å². The monoisotopic (exact) mass is 222 g/mol. The quantitative estimate of drug-likeness (QED) is 0.748. The van der Waals surface area contributed by atoms with Crippen LogP contribution in [0.4, 0.5) is 0 Å². The molecule has 1 aromatic carbocycles. The second kappa shape index (κ2) is 4.02. The zero-order valence-electron chi connectivity index (χ0n) is 9.48. The Morgan fingerprint density at radius 3 is 2.69 bits per heavy atom. The Morgan fingerprint density at radius 1 is 1.31 bits per heavy atom. The number of nitrogens with zero attached hydrogens (tertiary/aromatic N) is 1. The largest absolute Gasteiger partial charge is 0.442 e. The van der Waals surface area contributed by atoms with Crippen molar-refractivity contribution in [2.45, 2.75) is 13.2 Å². The van der Waals surface area contributed by atoms with E-state index in [1.807, 2.05) is 19.1 Å². The van der Waals surface area contributed by atoms with Crippen molar-refractivity contribution >= 4 is 5.91 Å². The molecule has 1 aliphatic heterocycles. The fraction of sp³-hybridized carbons (Fsp3) is 0.364. The Balaban J connectivity index is 2.08. The molecule has 1 heterocycles. The highest BCUT2D eigenvalue weighted by atomic mass is 16.7. The lowest BCUT2D eigenvalue weighted by molar-refractivity contribution is -0.140. The van der Waals surface area contributed by atoms with E-state index in [1.165, 1.54) is 0 Å². The standard InChI is InChI=1S/C11H14N2O3/c1-7-4-5-8-9(6-7)16-11(15-8)10(14)12-13(2)3/h4-6,11H,1-3H3,(H,12,14). The van der Waals surface area contributed by atoms with Crippen molar-refractivity contribution in [3.8, 4) is 11.5 Å². The number of hydrazine groups is 1. The first-order valence-electron chi connectivity index (χ1n) is 4.98. The Labute approximate surface area is 93.9 Å². The molecular weight excluding hydrogens is 208 g/mol. The fourth-order valence-electron chi connectivity index (χ4n) is 1.44. The van der Waals surface area contributed by atoms with Gasteiger partial charge in [0.25, 0.3) is 0 Å². The van der Waals surface area contributed by atoms with Crippen LogP contribution in [0.15, 0.2) is 18.2 Å². The Hall–Kier alpha value is -1.75. The average Bonchev–Trinajstić information content (AvgIpc) is 2.59. The second-order valence-corrected chi connectivity index (χ2v) is 3.89. The third-order valence-corrected chi connectivity index (χ3v) is 2.12. The Morgan fingerprint density at radius 2 is 2.00 bits per heavy atom. The topological polar surface area (TPSA) is 50.8 Å². The predicted octanol–water partition coefficient (Wildman–Crippen LogP) is 0.685. The number of fused-ring (bicyclic) bond motifs is 1. The SMILES string of the molecule is Cc1ccc2c(c1)OC(C(=O)NN(C)C)O2. The molecule has 5 nitrogen and oxygen atoms in total. The normalized spacial score (nSPS) is 17.6. The van der Waals surface area contributed by atoms with Crippen LogP contribution in [0.1, 0.15) is 5.56 Å². The lowest BCUT2D eigenvalue weighted by Crippen LogP contribution is -2.45. The summed E-state index contributed by atoms with van der Waals surface area (Å²) in [6, 6.07) is 5.56. The van der Waals surface area contributed by atoms with Gasteiger partial charge in [-0.3, -0.25) is 10.2 Å². The molecular formula is C11H14N2O3. The molecule has 1 amide bonds. The lowest BCUT2D eigenvalue weighted by atomic mass is 10.2. The molecule has 0 radical (unpaired) electrons. The van der Waals surface area contributed by atoms with Gasteiger partial charge in [-0.15, -0.1) is 0 Å². The molecule has 1 aliphatic rings. The molecule has 0 saturated heterocycles. The summed E-state index contributed by atoms with van der Waals surface area (Å²) in [5.74, 6) is 0.891. The number of hydrogen-bond donors (Lipinski definition) is 1. The third-order valence-electron chi connectivity index (χ3n) is 2.12. The summed E-state index contributed by atoms with van der Waals surface area (Å²) in [6.07, 6.45) is -0.904. The van der Waals surface area contributed by atoms with Crippen molar-refractivity contribution in [3.05, 3.63) is 23.8 Å². The molecule has 2 rings (SSSR count). The highest BCUT2D eigenvalue weighted by Crippen LogP contribution is 2.35. The first-order chi connectivity index (χ1) is 7.56. The van der Waals surface area contributed by atoms with Gasteiger partial charge in [-0.2, -0.15) is 0 Å². The van der Waals surface area contributed by atoms with Gasteiger partial charge in [-0.1, -0.05) is 6.07 Å². The van der Waals surface area contributed by atoms with Crippen LogP contribution >= 0.6 is 0 Å². The maximum Gasteiger partial charge on any atom is 0.323 e. The van der Waals surface area contributed by atoms with Crippen LogP contribution in [-0.2, 0) is 4.79 Å². The number of carbonyl (C=O) groups is 1. The van der Waals surface area contributed by atoms with Crippen molar-refractivity contribution in [2.24, 2.45) is 0 Å². The van der Waals surface area contributed by atoms with E-state index in [2.05, 4.69) is 5.43 Å². The number of benzene rings is 1. The van der Waals surface area contributed by atoms with Gasteiger partial charge in [0.15, 0.2) is 11.5 Å². The molecule has 1 atom stereocenters. The molecule has 0 spiro atoms. The van der Waals surface area contributed by atoms with Crippen molar-refractivity contribution in [1.29, 1.82) is 0 Å². The van der Waals surface area contributed by atoms with Gasteiger partial charge in [0.05, 0.1) is 0 Å². The van der Waals surface area contributed by atoms with Crippen LogP contribution in [0.5, 0.6) is 11.5 Å². The van der Waals surface area contributed by atoms with E-state index in [0.29, 0.717) is 11.5 Å². The van der Waals surface area contributed by atoms with Crippen LogP contribution in [0.2, 0.25) is 0 Å². The van der Waals surface area contributed by atoms with E-state index in [1.54, 1.807) is 25.2 Å². The van der Waals surface area contributed by atoms with Gasteiger partial charge in [-0.25, -0.2) is 5.01 Å². The molecule has 0 saturated carbocycles. The molecule has 1 unspecified atom stereocenters. The number of aryl methyl sites for hydroxylation is 1. The van der Waals surface area contributed by atoms with Gasteiger partial charge < -0.3 is 9.47 Å². The molecule has 0 aliphatic carbocycles. The van der Waals surface area contributed by atoms with Crippen molar-refractivity contribution in [3.63, 3.8) is 0 Å². The number of amides is 1. The van der Waals surface area contributed by atoms with Crippen molar-refractivity contribution in [2.75, 3.05) is 14.1 Å². The fourth-order valence-corrected chi connectivity index (χ4v) is 1.44. The van der Waals surface area contributed by atoms with Crippen LogP contribution in [0.25, 0.3) is 0 Å². The minimum absolute atomic E-state index is 0.321. The Bertz CT molecular complexity index is 418. The zero-order valence-corrected chi connectivity index (χ0v) is 9.48. The number of rotatable bonds is 2. The summed E-state index contributed by atoms with van der Waals surface area (Å²) >= 11 is 0. The highest BCUT2D eigenvalue weighted by Gasteiger charge is 2.30. The van der Waals surface area contributed by atoms with Gasteiger partial charge >= 0.3 is 12.2 Å². The molecule has 86 valence electrons. The Kier molecular flexibility index (Phi) is 2.70. The van der Waals surface area contributed by atoms with Crippen LogP contribution in [0.3, 0.4) is 0 Å². The van der Waals surface area contributed by atoms with E-state index in [4.69, 9.17) is 9.47 Å². The number of carbonyl (C=O) groups excluding carboxylic acids is 1. The summed E-state index contributed by atoms with van der Waals surface area (Å²) < 4.78 is 10.8. The van der Waals surface area contributed by atoms with E-state index < -0.39 is 6.29 Å². The second-order valence-electron chi connectivity index (χ2n) is 3.89. The summed E-state index contributed by atoms with van der Waals surface area (Å²) in [5.41, 5.74) is 3.64. The van der Waals surface area contributed by atoms with Gasteiger partial charge in [0, 0.05) is 14.1 Å². The zero-order chi connectivity index (χ0) is 11.7. The van der Waals surface area contributed by atoms with Gasteiger partial charge in [0.1, 0.15) is 0 Å². The molecule has 5 heteroatoms. The maximum atomic E-state index is 11.6. The molecule has 1 N–H and O–H groups in total.